The number of hydrogen-bond acceptors (Lipinski definition) is 2. The van der Waals surface area contributed by atoms with Crippen LogP contribution in [0.15, 0.2) is 12.2 Å². The Morgan fingerprint density at radius 1 is 1.40 bits per heavy atom. The van der Waals surface area contributed by atoms with Crippen LogP contribution in [0.4, 0.5) is 0 Å². The van der Waals surface area contributed by atoms with Gasteiger partial charge in [-0.1, -0.05) is 33.8 Å². The molecule has 0 aromatic heterocycles. The standard InChI is InChI=1S/C11H19NO3/c1-8(10(14)15)7-12-9(13)5-6-11(2,3)4/h5-6,8H,7H2,1-4H3,(H,12,13)(H,14,15)/b6-5+. The number of rotatable bonds is 4. The number of aliphatic carboxylic acids is 1. The van der Waals surface area contributed by atoms with Crippen molar-refractivity contribution in [3.8, 4) is 0 Å². The summed E-state index contributed by atoms with van der Waals surface area (Å²) < 4.78 is 0. The Hall–Kier alpha value is -1.32. The van der Waals surface area contributed by atoms with Crippen molar-refractivity contribution in [2.45, 2.75) is 27.7 Å². The molecule has 1 amide bonds. The van der Waals surface area contributed by atoms with Gasteiger partial charge >= 0.3 is 5.97 Å². The molecule has 0 saturated carbocycles. The van der Waals surface area contributed by atoms with Gasteiger partial charge in [-0.25, -0.2) is 0 Å². The molecule has 4 heteroatoms. The minimum atomic E-state index is -0.907. The van der Waals surface area contributed by atoms with Crippen LogP contribution in [0.5, 0.6) is 0 Å². The van der Waals surface area contributed by atoms with E-state index in [-0.39, 0.29) is 17.9 Å². The van der Waals surface area contributed by atoms with Gasteiger partial charge in [-0.2, -0.15) is 0 Å². The molecule has 1 atom stereocenters. The van der Waals surface area contributed by atoms with E-state index in [0.29, 0.717) is 0 Å². The van der Waals surface area contributed by atoms with Crippen molar-refractivity contribution in [3.05, 3.63) is 12.2 Å². The van der Waals surface area contributed by atoms with Gasteiger partial charge in [0.15, 0.2) is 0 Å². The summed E-state index contributed by atoms with van der Waals surface area (Å²) in [5.74, 6) is -1.72. The van der Waals surface area contributed by atoms with Gasteiger partial charge in [-0.05, 0) is 11.5 Å². The summed E-state index contributed by atoms with van der Waals surface area (Å²) in [4.78, 5) is 21.7. The highest BCUT2D eigenvalue weighted by atomic mass is 16.4. The summed E-state index contributed by atoms with van der Waals surface area (Å²) in [6, 6.07) is 0. The fourth-order valence-corrected chi connectivity index (χ4v) is 0.726. The molecule has 15 heavy (non-hydrogen) atoms. The smallest absolute Gasteiger partial charge is 0.308 e. The third kappa shape index (κ3) is 7.73. The minimum Gasteiger partial charge on any atom is -0.481 e. The number of hydrogen-bond donors (Lipinski definition) is 2. The monoisotopic (exact) mass is 213 g/mol. The second-order valence-corrected chi connectivity index (χ2v) is 4.68. The summed E-state index contributed by atoms with van der Waals surface area (Å²) in [5.41, 5.74) is -0.0459. The van der Waals surface area contributed by atoms with Crippen molar-refractivity contribution >= 4 is 11.9 Å². The topological polar surface area (TPSA) is 66.4 Å². The average Bonchev–Trinajstić information content (AvgIpc) is 2.09. The number of carbonyl (C=O) groups is 2. The molecule has 0 spiro atoms. The van der Waals surface area contributed by atoms with Gasteiger partial charge in [0.2, 0.25) is 5.91 Å². The van der Waals surface area contributed by atoms with Gasteiger partial charge in [-0.15, -0.1) is 0 Å². The van der Waals surface area contributed by atoms with Gasteiger partial charge in [0.05, 0.1) is 5.92 Å². The van der Waals surface area contributed by atoms with Gasteiger partial charge in [0.1, 0.15) is 0 Å². The molecule has 0 aromatic rings. The van der Waals surface area contributed by atoms with Crippen molar-refractivity contribution in [3.63, 3.8) is 0 Å². The van der Waals surface area contributed by atoms with Crippen LogP contribution in [0.25, 0.3) is 0 Å². The lowest BCUT2D eigenvalue weighted by Crippen LogP contribution is -2.30. The largest absolute Gasteiger partial charge is 0.481 e. The van der Waals surface area contributed by atoms with Crippen molar-refractivity contribution in [1.82, 2.24) is 5.32 Å². The molecular weight excluding hydrogens is 194 g/mol. The average molecular weight is 213 g/mol. The quantitative estimate of drug-likeness (QED) is 0.694. The van der Waals surface area contributed by atoms with Gasteiger partial charge < -0.3 is 10.4 Å². The van der Waals surface area contributed by atoms with E-state index in [9.17, 15) is 9.59 Å². The Labute approximate surface area is 90.4 Å². The maximum Gasteiger partial charge on any atom is 0.308 e. The molecule has 0 aromatic carbocycles. The summed E-state index contributed by atoms with van der Waals surface area (Å²) in [5, 5.41) is 11.1. The van der Waals surface area contributed by atoms with Crippen LogP contribution in [0.3, 0.4) is 0 Å². The molecule has 4 nitrogen and oxygen atoms in total. The van der Waals surface area contributed by atoms with E-state index in [1.54, 1.807) is 13.0 Å². The highest BCUT2D eigenvalue weighted by Crippen LogP contribution is 2.13. The molecule has 0 aliphatic carbocycles. The first-order chi connectivity index (χ1) is 6.72. The van der Waals surface area contributed by atoms with Crippen LogP contribution in [0.1, 0.15) is 27.7 Å². The number of carboxylic acids is 1. The second-order valence-electron chi connectivity index (χ2n) is 4.68. The first kappa shape index (κ1) is 13.7. The Morgan fingerprint density at radius 2 is 1.93 bits per heavy atom. The van der Waals surface area contributed by atoms with E-state index in [1.165, 1.54) is 6.08 Å². The van der Waals surface area contributed by atoms with Gasteiger partial charge in [0, 0.05) is 6.54 Å². The van der Waals surface area contributed by atoms with E-state index >= 15 is 0 Å². The van der Waals surface area contributed by atoms with E-state index < -0.39 is 11.9 Å². The summed E-state index contributed by atoms with van der Waals surface area (Å²) in [7, 11) is 0. The van der Waals surface area contributed by atoms with Gasteiger partial charge in [0.25, 0.3) is 0 Å². The number of carbonyl (C=O) groups excluding carboxylic acids is 1. The zero-order valence-corrected chi connectivity index (χ0v) is 9.70. The predicted molar refractivity (Wildman–Crippen MR) is 58.4 cm³/mol. The van der Waals surface area contributed by atoms with E-state index in [1.807, 2.05) is 20.8 Å². The van der Waals surface area contributed by atoms with Crippen LogP contribution < -0.4 is 5.32 Å². The molecule has 0 rings (SSSR count). The Bertz CT molecular complexity index is 263. The molecule has 0 heterocycles. The van der Waals surface area contributed by atoms with Crippen molar-refractivity contribution in [2.75, 3.05) is 6.54 Å². The fourth-order valence-electron chi connectivity index (χ4n) is 0.726. The maximum absolute atomic E-state index is 11.2. The van der Waals surface area contributed by atoms with Crippen molar-refractivity contribution in [1.29, 1.82) is 0 Å². The number of carboxylic acid groups (broad SMARTS) is 1. The highest BCUT2D eigenvalue weighted by molar-refractivity contribution is 5.87. The Kier molecular flexibility index (Phi) is 5.05. The van der Waals surface area contributed by atoms with Crippen LogP contribution in [0, 0.1) is 11.3 Å². The van der Waals surface area contributed by atoms with Gasteiger partial charge in [-0.3, -0.25) is 9.59 Å². The Morgan fingerprint density at radius 3 is 2.33 bits per heavy atom. The van der Waals surface area contributed by atoms with Crippen LogP contribution in [0.2, 0.25) is 0 Å². The predicted octanol–water partition coefficient (Wildman–Crippen LogP) is 1.43. The third-order valence-electron chi connectivity index (χ3n) is 1.74. The molecule has 0 radical (unpaired) electrons. The minimum absolute atomic E-state index is 0.0459. The van der Waals surface area contributed by atoms with E-state index in [2.05, 4.69) is 5.32 Å². The molecule has 86 valence electrons. The summed E-state index contributed by atoms with van der Waals surface area (Å²) in [6.45, 7) is 7.66. The molecule has 1 unspecified atom stereocenters. The van der Waals surface area contributed by atoms with E-state index in [4.69, 9.17) is 5.11 Å². The molecule has 0 fully saturated rings. The lowest BCUT2D eigenvalue weighted by Gasteiger charge is -2.11. The molecular formula is C11H19NO3. The van der Waals surface area contributed by atoms with Crippen molar-refractivity contribution in [2.24, 2.45) is 11.3 Å². The van der Waals surface area contributed by atoms with Crippen LogP contribution >= 0.6 is 0 Å². The summed E-state index contributed by atoms with van der Waals surface area (Å²) in [6.07, 6.45) is 3.22. The third-order valence-corrected chi connectivity index (χ3v) is 1.74. The Balaban J connectivity index is 3.96. The zero-order valence-electron chi connectivity index (χ0n) is 9.70. The highest BCUT2D eigenvalue weighted by Gasteiger charge is 2.11. The number of nitrogens with one attached hydrogen (secondary N) is 1. The normalized spacial score (nSPS) is 13.9. The van der Waals surface area contributed by atoms with Crippen LogP contribution in [-0.2, 0) is 9.59 Å². The molecule has 2 N–H and O–H groups in total. The SMILES string of the molecule is CC(CNC(=O)/C=C/C(C)(C)C)C(=O)O. The lowest BCUT2D eigenvalue weighted by atomic mass is 9.96. The van der Waals surface area contributed by atoms with E-state index in [0.717, 1.165) is 0 Å². The molecule has 0 aliphatic rings. The lowest BCUT2D eigenvalue weighted by molar-refractivity contribution is -0.141. The molecule has 0 aliphatic heterocycles. The molecule has 0 bridgehead atoms. The van der Waals surface area contributed by atoms with Crippen molar-refractivity contribution < 1.29 is 14.7 Å². The molecule has 0 saturated heterocycles. The second kappa shape index (κ2) is 5.53. The maximum atomic E-state index is 11.2. The zero-order chi connectivity index (χ0) is 12.1. The fraction of sp³-hybridized carbons (Fsp3) is 0.636. The number of allylic oxidation sites excluding steroid dienone is 1. The first-order valence-electron chi connectivity index (χ1n) is 4.92. The summed E-state index contributed by atoms with van der Waals surface area (Å²) >= 11 is 0. The van der Waals surface area contributed by atoms with Crippen LogP contribution in [-0.4, -0.2) is 23.5 Å². The number of amides is 1. The first-order valence-corrected chi connectivity index (χ1v) is 4.92.